The van der Waals surface area contributed by atoms with Crippen LogP contribution in [0.5, 0.6) is 0 Å². The van der Waals surface area contributed by atoms with Gasteiger partial charge in [0.25, 0.3) is 0 Å². The van der Waals surface area contributed by atoms with Crippen LogP contribution in [0, 0.1) is 10.8 Å². The first kappa shape index (κ1) is 24.7. The number of hydrogen-bond acceptors (Lipinski definition) is 7. The molecule has 2 rings (SSSR count). The molecule has 2 aromatic carbocycles. The van der Waals surface area contributed by atoms with E-state index in [2.05, 4.69) is 0 Å². The highest BCUT2D eigenvalue weighted by atomic mass is 16.5. The van der Waals surface area contributed by atoms with E-state index in [-0.39, 0.29) is 11.5 Å². The van der Waals surface area contributed by atoms with E-state index in [1.54, 1.807) is 60.7 Å². The van der Waals surface area contributed by atoms with Gasteiger partial charge in [0.05, 0.1) is 50.5 Å². The molecule has 7 heteroatoms. The van der Waals surface area contributed by atoms with Gasteiger partial charge in [-0.15, -0.1) is 0 Å². The van der Waals surface area contributed by atoms with Gasteiger partial charge in [-0.2, -0.15) is 0 Å². The van der Waals surface area contributed by atoms with Gasteiger partial charge in [0.15, 0.2) is 0 Å². The normalized spacial score (nSPS) is 13.4. The monoisotopic (exact) mass is 430 g/mol. The molecule has 0 aliphatic rings. The van der Waals surface area contributed by atoms with E-state index in [0.29, 0.717) is 11.1 Å². The third-order valence-electron chi connectivity index (χ3n) is 5.28. The number of benzene rings is 2. The third kappa shape index (κ3) is 5.80. The van der Waals surface area contributed by atoms with Crippen LogP contribution in [0.2, 0.25) is 0 Å². The van der Waals surface area contributed by atoms with Crippen LogP contribution >= 0.6 is 0 Å². The van der Waals surface area contributed by atoms with Crippen LogP contribution < -0.4 is 0 Å². The molecule has 0 fully saturated rings. The molecule has 168 valence electrons. The van der Waals surface area contributed by atoms with Crippen molar-refractivity contribution >= 4 is 12.2 Å². The van der Waals surface area contributed by atoms with E-state index in [9.17, 15) is 30.6 Å². The topological polar surface area (TPSA) is 131 Å². The summed E-state index contributed by atoms with van der Waals surface area (Å²) in [5.74, 6) is 0.0428. The van der Waals surface area contributed by atoms with Crippen molar-refractivity contribution < 1.29 is 35.4 Å². The molecule has 0 bridgehead atoms. The lowest BCUT2D eigenvalue weighted by Crippen LogP contribution is -2.41. The lowest BCUT2D eigenvalue weighted by molar-refractivity contribution is -0.0312. The Bertz CT molecular complexity index is 751. The predicted molar refractivity (Wildman–Crippen MR) is 117 cm³/mol. The largest absolute Gasteiger partial charge is 0.464 e. The van der Waals surface area contributed by atoms with Crippen LogP contribution in [-0.2, 0) is 4.74 Å². The second-order valence-electron chi connectivity index (χ2n) is 7.45. The van der Waals surface area contributed by atoms with Crippen molar-refractivity contribution in [3.05, 3.63) is 83.3 Å². The molecule has 0 aliphatic carbocycles. The van der Waals surface area contributed by atoms with E-state index in [0.717, 1.165) is 0 Å². The minimum absolute atomic E-state index is 0.0214. The zero-order valence-corrected chi connectivity index (χ0v) is 17.3. The van der Waals surface area contributed by atoms with Crippen molar-refractivity contribution in [2.24, 2.45) is 10.8 Å². The summed E-state index contributed by atoms with van der Waals surface area (Å²) in [5, 5.41) is 60.0. The van der Waals surface area contributed by atoms with Crippen LogP contribution in [0.1, 0.15) is 11.1 Å². The minimum atomic E-state index is -1.54. The van der Waals surface area contributed by atoms with Gasteiger partial charge in [0, 0.05) is 0 Å². The van der Waals surface area contributed by atoms with Crippen LogP contribution in [0.15, 0.2) is 72.2 Å². The van der Waals surface area contributed by atoms with Crippen molar-refractivity contribution in [3.63, 3.8) is 0 Å². The quantitative estimate of drug-likeness (QED) is 0.277. The molecule has 6 N–H and O–H groups in total. The molecule has 0 aliphatic heterocycles. The number of hydrogen-bond donors (Lipinski definition) is 6. The van der Waals surface area contributed by atoms with E-state index in [1.165, 1.54) is 0 Å². The van der Waals surface area contributed by atoms with E-state index in [4.69, 9.17) is 4.74 Å². The molecule has 0 radical (unpaired) electrons. The van der Waals surface area contributed by atoms with E-state index < -0.39 is 50.5 Å². The first-order valence-corrected chi connectivity index (χ1v) is 9.90. The van der Waals surface area contributed by atoms with Crippen LogP contribution in [0.25, 0.3) is 12.2 Å². The van der Waals surface area contributed by atoms with Gasteiger partial charge in [0.1, 0.15) is 11.5 Å². The highest BCUT2D eigenvalue weighted by Crippen LogP contribution is 2.37. The molecule has 2 aromatic rings. The average molecular weight is 430 g/mol. The highest BCUT2D eigenvalue weighted by molar-refractivity contribution is 5.56. The lowest BCUT2D eigenvalue weighted by atomic mass is 9.85. The summed E-state index contributed by atoms with van der Waals surface area (Å²) < 4.78 is 6.10. The smallest absolute Gasteiger partial charge is 0.117 e. The van der Waals surface area contributed by atoms with Gasteiger partial charge in [-0.3, -0.25) is 0 Å². The Morgan fingerprint density at radius 1 is 0.548 bits per heavy atom. The molecule has 0 saturated heterocycles. The minimum Gasteiger partial charge on any atom is -0.464 e. The maximum atomic E-state index is 9.99. The molecule has 0 amide bonds. The summed E-state index contributed by atoms with van der Waals surface area (Å²) in [7, 11) is 0. The molecular formula is C24H30O7. The standard InChI is InChI=1S/C24H30O7/c25-13-23(14-26,15-27)21(11-19-7-3-1-4-8-19)31-22(24(16-28,17-29)18-30)12-20-9-5-2-6-10-20/h1-12,25-30H,13-18H2. The Balaban J connectivity index is 2.67. The fourth-order valence-electron chi connectivity index (χ4n) is 2.87. The van der Waals surface area contributed by atoms with Gasteiger partial charge in [-0.25, -0.2) is 0 Å². The Morgan fingerprint density at radius 3 is 1.10 bits per heavy atom. The maximum absolute atomic E-state index is 9.99. The molecule has 0 saturated carbocycles. The Kier molecular flexibility index (Phi) is 9.39. The van der Waals surface area contributed by atoms with Crippen molar-refractivity contribution in [1.82, 2.24) is 0 Å². The van der Waals surface area contributed by atoms with Crippen LogP contribution in [0.3, 0.4) is 0 Å². The third-order valence-corrected chi connectivity index (χ3v) is 5.28. The van der Waals surface area contributed by atoms with Crippen LogP contribution in [0.4, 0.5) is 0 Å². The van der Waals surface area contributed by atoms with Gasteiger partial charge in [-0.05, 0) is 23.3 Å². The van der Waals surface area contributed by atoms with Crippen molar-refractivity contribution in [2.75, 3.05) is 39.6 Å². The molecule has 0 heterocycles. The molecule has 0 atom stereocenters. The highest BCUT2D eigenvalue weighted by Gasteiger charge is 2.40. The van der Waals surface area contributed by atoms with Gasteiger partial charge in [0.2, 0.25) is 0 Å². The number of ether oxygens (including phenoxy) is 1. The summed E-state index contributed by atoms with van der Waals surface area (Å²) >= 11 is 0. The molecule has 31 heavy (non-hydrogen) atoms. The molecule has 7 nitrogen and oxygen atoms in total. The Labute approximate surface area is 181 Å². The molecule has 0 unspecified atom stereocenters. The van der Waals surface area contributed by atoms with E-state index in [1.807, 2.05) is 12.1 Å². The SMILES string of the molecule is OCC(CO)(CO)C(=Cc1ccccc1)OC(=Cc1ccccc1)C(CO)(CO)CO. The van der Waals surface area contributed by atoms with Crippen molar-refractivity contribution in [2.45, 2.75) is 0 Å². The number of aliphatic hydroxyl groups is 6. The van der Waals surface area contributed by atoms with Crippen molar-refractivity contribution in [1.29, 1.82) is 0 Å². The second kappa shape index (κ2) is 11.8. The van der Waals surface area contributed by atoms with Gasteiger partial charge < -0.3 is 35.4 Å². The summed E-state index contributed by atoms with van der Waals surface area (Å²) in [6, 6.07) is 17.9. The van der Waals surface area contributed by atoms with E-state index >= 15 is 0 Å². The summed E-state index contributed by atoms with van der Waals surface area (Å²) in [4.78, 5) is 0. The van der Waals surface area contributed by atoms with Gasteiger partial charge in [-0.1, -0.05) is 60.7 Å². The fourth-order valence-corrected chi connectivity index (χ4v) is 2.87. The predicted octanol–water partition coefficient (Wildman–Crippen LogP) is 1.01. The first-order valence-electron chi connectivity index (χ1n) is 9.90. The van der Waals surface area contributed by atoms with Crippen molar-refractivity contribution in [3.8, 4) is 0 Å². The fraction of sp³-hybridized carbons (Fsp3) is 0.333. The summed E-state index contributed by atoms with van der Waals surface area (Å²) in [5.41, 5.74) is -1.73. The molecule has 0 spiro atoms. The first-order chi connectivity index (χ1) is 15.0. The maximum Gasteiger partial charge on any atom is 0.117 e. The van der Waals surface area contributed by atoms with Crippen LogP contribution in [-0.4, -0.2) is 70.3 Å². The summed E-state index contributed by atoms with van der Waals surface area (Å²) in [6.07, 6.45) is 3.11. The Morgan fingerprint density at radius 2 is 0.839 bits per heavy atom. The lowest BCUT2D eigenvalue weighted by Gasteiger charge is -2.36. The zero-order chi connectivity index (χ0) is 22.7. The zero-order valence-electron chi connectivity index (χ0n) is 17.3. The Hall–Kier alpha value is -2.52. The number of rotatable bonds is 12. The molecule has 0 aromatic heterocycles. The molecular weight excluding hydrogens is 400 g/mol. The average Bonchev–Trinajstić information content (AvgIpc) is 2.83. The number of aliphatic hydroxyl groups excluding tert-OH is 6. The second-order valence-corrected chi connectivity index (χ2v) is 7.45. The summed E-state index contributed by atoms with van der Waals surface area (Å²) in [6.45, 7) is -3.74. The van der Waals surface area contributed by atoms with Gasteiger partial charge >= 0.3 is 0 Å².